The van der Waals surface area contributed by atoms with Gasteiger partial charge < -0.3 is 14.5 Å². The van der Waals surface area contributed by atoms with Crippen LogP contribution in [0.3, 0.4) is 0 Å². The molecule has 3 heterocycles. The van der Waals surface area contributed by atoms with Crippen molar-refractivity contribution < 1.29 is 9.53 Å². The van der Waals surface area contributed by atoms with E-state index in [0.717, 1.165) is 48.4 Å². The van der Waals surface area contributed by atoms with Gasteiger partial charge in [-0.2, -0.15) is 0 Å². The summed E-state index contributed by atoms with van der Waals surface area (Å²) in [5, 5.41) is 1.31. The Balaban J connectivity index is 0.00000250. The van der Waals surface area contributed by atoms with Crippen molar-refractivity contribution in [1.82, 2.24) is 14.7 Å². The molecule has 3 aromatic rings. The number of likely N-dealkylation sites (tertiary alicyclic amines) is 2. The number of amidine groups is 1. The van der Waals surface area contributed by atoms with Gasteiger partial charge in [-0.05, 0) is 104 Å². The molecular weight excluding hydrogens is 651 g/mol. The second-order valence-corrected chi connectivity index (χ2v) is 14.3. The molecule has 0 aliphatic carbocycles. The van der Waals surface area contributed by atoms with Crippen LogP contribution in [0.25, 0.3) is 0 Å². The normalized spacial score (nSPS) is 20.4. The van der Waals surface area contributed by atoms with Crippen molar-refractivity contribution in [3.63, 3.8) is 0 Å². The summed E-state index contributed by atoms with van der Waals surface area (Å²) in [5.74, 6) is 1.37. The number of hydrogen-bond donors (Lipinski definition) is 0. The highest BCUT2D eigenvalue weighted by atomic mass is 35.5. The Morgan fingerprint density at radius 3 is 2.00 bits per heavy atom. The quantitative estimate of drug-likeness (QED) is 0.257. The average Bonchev–Trinajstić information content (AvgIpc) is 3.71. The van der Waals surface area contributed by atoms with Gasteiger partial charge in [-0.3, -0.25) is 9.89 Å². The fourth-order valence-electron chi connectivity index (χ4n) is 6.98. The van der Waals surface area contributed by atoms with E-state index in [9.17, 15) is 4.79 Å². The molecule has 2 amide bonds. The Hall–Kier alpha value is -2.77. The maximum atomic E-state index is 14.9. The number of rotatable bonds is 6. The third-order valence-corrected chi connectivity index (χ3v) is 9.98. The molecule has 2 atom stereocenters. The monoisotopic (exact) mass is 698 g/mol. The van der Waals surface area contributed by atoms with E-state index in [-0.39, 0.29) is 43.4 Å². The number of piperidine rings is 1. The van der Waals surface area contributed by atoms with Crippen LogP contribution in [0.4, 0.5) is 4.79 Å². The first-order valence-electron chi connectivity index (χ1n) is 16.3. The molecule has 9 heteroatoms. The zero-order chi connectivity index (χ0) is 31.7. The van der Waals surface area contributed by atoms with Crippen LogP contribution >= 0.6 is 35.6 Å². The lowest BCUT2D eigenvalue weighted by Crippen LogP contribution is -2.52. The van der Waals surface area contributed by atoms with E-state index < -0.39 is 0 Å². The number of amides is 2. The summed E-state index contributed by atoms with van der Waals surface area (Å²) in [4.78, 5) is 26.8. The molecule has 2 fully saturated rings. The third-order valence-electron chi connectivity index (χ3n) is 9.48. The van der Waals surface area contributed by atoms with Gasteiger partial charge in [0, 0.05) is 29.2 Å². The molecule has 3 aromatic carbocycles. The van der Waals surface area contributed by atoms with Gasteiger partial charge in [-0.25, -0.2) is 4.79 Å². The number of halogens is 3. The van der Waals surface area contributed by atoms with Crippen molar-refractivity contribution >= 4 is 47.5 Å². The number of carbonyl (C=O) groups excluding carboxylic acids is 1. The minimum Gasteiger partial charge on any atom is -0.493 e. The molecule has 0 unspecified atom stereocenters. The zero-order valence-corrected chi connectivity index (χ0v) is 29.5. The van der Waals surface area contributed by atoms with Gasteiger partial charge in [0.25, 0.3) is 0 Å². The summed E-state index contributed by atoms with van der Waals surface area (Å²) in [5.41, 5.74) is 3.89. The lowest BCUT2D eigenvalue weighted by molar-refractivity contribution is 0.117. The van der Waals surface area contributed by atoms with Gasteiger partial charge in [-0.1, -0.05) is 81.7 Å². The summed E-state index contributed by atoms with van der Waals surface area (Å²) in [6, 6.07) is 21.7. The van der Waals surface area contributed by atoms with E-state index in [4.69, 9.17) is 32.9 Å². The lowest BCUT2D eigenvalue weighted by Gasteiger charge is -2.40. The van der Waals surface area contributed by atoms with Gasteiger partial charge >= 0.3 is 6.03 Å². The molecule has 0 aromatic heterocycles. The van der Waals surface area contributed by atoms with Crippen LogP contribution in [0.15, 0.2) is 71.7 Å². The molecule has 0 spiro atoms. The Morgan fingerprint density at radius 1 is 0.872 bits per heavy atom. The van der Waals surface area contributed by atoms with Crippen LogP contribution in [-0.4, -0.2) is 65.4 Å². The molecule has 3 aliphatic heterocycles. The Bertz CT molecular complexity index is 1520. The molecule has 0 saturated carbocycles. The summed E-state index contributed by atoms with van der Waals surface area (Å²) < 4.78 is 6.27. The van der Waals surface area contributed by atoms with Gasteiger partial charge in [0.05, 0.1) is 18.2 Å². The molecule has 6 nitrogen and oxygen atoms in total. The molecule has 6 rings (SSSR count). The van der Waals surface area contributed by atoms with Crippen LogP contribution in [0.2, 0.25) is 10.0 Å². The van der Waals surface area contributed by atoms with E-state index in [1.807, 2.05) is 65.3 Å². The third kappa shape index (κ3) is 7.94. The number of hydrogen-bond acceptors (Lipinski definition) is 4. The molecule has 47 heavy (non-hydrogen) atoms. The predicted octanol–water partition coefficient (Wildman–Crippen LogP) is 9.97. The highest BCUT2D eigenvalue weighted by molar-refractivity contribution is 6.30. The topological polar surface area (TPSA) is 48.4 Å². The molecule has 0 radical (unpaired) electrons. The number of nitrogens with zero attached hydrogens (tertiary/aromatic N) is 4. The highest BCUT2D eigenvalue weighted by Crippen LogP contribution is 2.46. The standard InChI is InChI=1S/C37H44Cl2N4O2.CH4.ClH/c1-5-45-32-24-27(37(2,3)4)12-17-31(32)35-40-33(25-8-13-28(38)14-9-25)34(26-10-15-29(39)16-11-26)43(35)36(44)42-22-18-30(19-23-42)41-20-6-7-21-41;;/h8-17,24,30,33-34H,5-7,18-23H2,1-4H3;1H4;1H/t33-,34+;;/m0../s1. The summed E-state index contributed by atoms with van der Waals surface area (Å²) >= 11 is 12.7. The predicted molar refractivity (Wildman–Crippen MR) is 198 cm³/mol. The summed E-state index contributed by atoms with van der Waals surface area (Å²) in [7, 11) is 0. The second-order valence-electron chi connectivity index (χ2n) is 13.5. The zero-order valence-electron chi connectivity index (χ0n) is 27.2. The lowest BCUT2D eigenvalue weighted by atomic mass is 9.86. The van der Waals surface area contributed by atoms with Gasteiger partial charge in [-0.15, -0.1) is 12.4 Å². The van der Waals surface area contributed by atoms with Crippen molar-refractivity contribution in [3.8, 4) is 5.75 Å². The number of aliphatic imine (C=N–C) groups is 1. The number of ether oxygens (including phenoxy) is 1. The first-order valence-corrected chi connectivity index (χ1v) is 17.1. The van der Waals surface area contributed by atoms with Crippen LogP contribution < -0.4 is 4.74 Å². The van der Waals surface area contributed by atoms with E-state index in [1.54, 1.807) is 0 Å². The molecule has 2 saturated heterocycles. The molecule has 254 valence electrons. The van der Waals surface area contributed by atoms with Crippen LogP contribution in [0, 0.1) is 0 Å². The smallest absolute Gasteiger partial charge is 0.326 e. The maximum absolute atomic E-state index is 14.9. The van der Waals surface area contributed by atoms with E-state index >= 15 is 0 Å². The number of benzene rings is 3. The first kappa shape index (κ1) is 37.1. The first-order chi connectivity index (χ1) is 21.6. The van der Waals surface area contributed by atoms with Crippen LogP contribution in [0.5, 0.6) is 5.75 Å². The van der Waals surface area contributed by atoms with Crippen molar-refractivity contribution in [2.24, 2.45) is 4.99 Å². The van der Waals surface area contributed by atoms with Crippen molar-refractivity contribution in [3.05, 3.63) is 99.0 Å². The van der Waals surface area contributed by atoms with E-state index in [1.165, 1.54) is 31.5 Å². The average molecular weight is 700 g/mol. The van der Waals surface area contributed by atoms with Gasteiger partial charge in [0.15, 0.2) is 0 Å². The minimum atomic E-state index is -0.376. The summed E-state index contributed by atoms with van der Waals surface area (Å²) in [6.45, 7) is 12.9. The molecule has 0 bridgehead atoms. The number of urea groups is 1. The fraction of sp³-hybridized carbons (Fsp3) is 0.474. The largest absolute Gasteiger partial charge is 0.493 e. The second kappa shape index (κ2) is 15.6. The van der Waals surface area contributed by atoms with E-state index in [2.05, 4.69) is 43.9 Å². The van der Waals surface area contributed by atoms with Crippen LogP contribution in [0.1, 0.15) is 95.1 Å². The summed E-state index contributed by atoms with van der Waals surface area (Å²) in [6.07, 6.45) is 4.53. The van der Waals surface area contributed by atoms with E-state index in [0.29, 0.717) is 28.5 Å². The minimum absolute atomic E-state index is 0. The highest BCUT2D eigenvalue weighted by Gasteiger charge is 2.45. The van der Waals surface area contributed by atoms with Gasteiger partial charge in [0.2, 0.25) is 0 Å². The van der Waals surface area contributed by atoms with Crippen molar-refractivity contribution in [1.29, 1.82) is 0 Å². The Morgan fingerprint density at radius 2 is 1.45 bits per heavy atom. The molecular formula is C38H49Cl3N4O2. The van der Waals surface area contributed by atoms with Gasteiger partial charge in [0.1, 0.15) is 17.6 Å². The Labute approximate surface area is 297 Å². The molecule has 0 N–H and O–H groups in total. The van der Waals surface area contributed by atoms with Crippen molar-refractivity contribution in [2.45, 2.75) is 84.3 Å². The Kier molecular flexibility index (Phi) is 12.3. The number of carbonyl (C=O) groups is 1. The van der Waals surface area contributed by atoms with Crippen molar-refractivity contribution in [2.75, 3.05) is 32.8 Å². The SMILES string of the molecule is C.CCOc1cc(C(C)(C)C)ccc1C1=N[C@@H](c2ccc(Cl)cc2)[C@@H](c2ccc(Cl)cc2)N1C(=O)N1CCC(N2CCCC2)CC1.Cl. The maximum Gasteiger partial charge on any atom is 0.326 e. The van der Waals surface area contributed by atoms with Crippen LogP contribution in [-0.2, 0) is 5.41 Å². The fourth-order valence-corrected chi connectivity index (χ4v) is 7.24. The molecule has 3 aliphatic rings.